The molecule has 5 aliphatic carbocycles. The highest BCUT2D eigenvalue weighted by molar-refractivity contribution is 5.87. The van der Waals surface area contributed by atoms with E-state index in [4.69, 9.17) is 4.74 Å². The summed E-state index contributed by atoms with van der Waals surface area (Å²) in [6.45, 7) is 23.2. The molecule has 0 aromatic heterocycles. The van der Waals surface area contributed by atoms with Gasteiger partial charge in [-0.25, -0.2) is 9.59 Å². The topological polar surface area (TPSA) is 119 Å². The average molecular weight is 746 g/mol. The van der Waals surface area contributed by atoms with Crippen LogP contribution in [0.2, 0.25) is 0 Å². The maximum atomic E-state index is 14.3. The number of hydrogen-bond donors (Lipinski definition) is 3. The fourth-order valence-electron chi connectivity index (χ4n) is 14.6. The highest BCUT2D eigenvalue weighted by Gasteiger charge is 2.71. The number of allylic oxidation sites excluding steroid dienone is 1. The number of carbonyl (C=O) groups excluding carboxylic acids is 1. The molecule has 2 amide bonds. The van der Waals surface area contributed by atoms with Gasteiger partial charge in [-0.2, -0.15) is 0 Å². The Balaban J connectivity index is 1.14. The average Bonchev–Trinajstić information content (AvgIpc) is 3.50. The maximum absolute atomic E-state index is 14.3. The molecule has 1 aliphatic heterocycles. The van der Waals surface area contributed by atoms with Gasteiger partial charge in [0.1, 0.15) is 6.54 Å². The number of hydrogen-bond acceptors (Lipinski definition) is 5. The lowest BCUT2D eigenvalue weighted by atomic mass is 9.32. The van der Waals surface area contributed by atoms with Gasteiger partial charge in [0.2, 0.25) is 0 Å². The van der Waals surface area contributed by atoms with Crippen molar-refractivity contribution in [1.82, 2.24) is 15.1 Å². The zero-order chi connectivity index (χ0) is 38.8. The summed E-state index contributed by atoms with van der Waals surface area (Å²) in [6, 6.07) is 7.46. The summed E-state index contributed by atoms with van der Waals surface area (Å²) in [4.78, 5) is 41.7. The van der Waals surface area contributed by atoms with Crippen LogP contribution in [-0.2, 0) is 9.53 Å². The van der Waals surface area contributed by atoms with Gasteiger partial charge in [0.05, 0.1) is 18.8 Å². The number of carbonyl (C=O) groups is 3. The van der Waals surface area contributed by atoms with E-state index < -0.39 is 11.9 Å². The van der Waals surface area contributed by atoms with Gasteiger partial charge in [-0.1, -0.05) is 58.9 Å². The second kappa shape index (κ2) is 14.2. The number of aliphatic carboxylic acids is 1. The Bertz CT molecular complexity index is 1620. The second-order valence-electron chi connectivity index (χ2n) is 19.9. The number of carboxylic acids is 2. The smallest absolute Gasteiger partial charge is 0.335 e. The van der Waals surface area contributed by atoms with Crippen molar-refractivity contribution in [2.24, 2.45) is 51.2 Å². The van der Waals surface area contributed by atoms with Gasteiger partial charge in [-0.15, -0.1) is 0 Å². The number of aromatic carboxylic acids is 1. The van der Waals surface area contributed by atoms with E-state index in [1.807, 2.05) is 0 Å². The highest BCUT2D eigenvalue weighted by atomic mass is 16.5. The summed E-state index contributed by atoms with van der Waals surface area (Å²) in [5.41, 5.74) is 3.07. The van der Waals surface area contributed by atoms with E-state index >= 15 is 0 Å². The molecular formula is C45H67N3O6. The molecule has 1 saturated heterocycles. The normalized spacial score (nSPS) is 40.0. The van der Waals surface area contributed by atoms with Crippen LogP contribution >= 0.6 is 0 Å². The minimum Gasteiger partial charge on any atom is -0.480 e. The lowest BCUT2D eigenvalue weighted by Gasteiger charge is -2.73. The molecule has 1 aromatic rings. The van der Waals surface area contributed by atoms with Crippen molar-refractivity contribution in [1.29, 1.82) is 0 Å². The summed E-state index contributed by atoms with van der Waals surface area (Å²) in [5.74, 6) is 0.814. The molecule has 5 saturated carbocycles. The Morgan fingerprint density at radius 1 is 0.870 bits per heavy atom. The zero-order valence-electron chi connectivity index (χ0n) is 33.9. The lowest BCUT2D eigenvalue weighted by molar-refractivity contribution is -0.233. The van der Waals surface area contributed by atoms with Crippen molar-refractivity contribution in [2.75, 3.05) is 45.9 Å². The lowest BCUT2D eigenvalue weighted by Crippen LogP contribution is -2.69. The molecule has 1 aromatic carbocycles. The Hall–Kier alpha value is -2.91. The molecule has 54 heavy (non-hydrogen) atoms. The number of morpholine rings is 1. The van der Waals surface area contributed by atoms with E-state index in [2.05, 4.69) is 70.5 Å². The molecule has 0 radical (unpaired) electrons. The van der Waals surface area contributed by atoms with Crippen molar-refractivity contribution in [3.05, 3.63) is 47.5 Å². The van der Waals surface area contributed by atoms with Crippen molar-refractivity contribution in [3.8, 4) is 0 Å². The Labute approximate surface area is 323 Å². The fraction of sp³-hybridized carbons (Fsp3) is 0.756. The standard InChI is InChI=1S/C45H67N3O6/c1-29(2)32-14-19-45(46-40(53)48(28-37(49)50)23-22-47-24-26-54-27-25-47)21-20-43(6)34(38(32)45)12-13-36-42(5)17-15-33(30-8-10-31(11-9-30)39(51)52)41(3,4)35(42)16-18-44(36,43)7/h8-11,32-36,38H,1,12-28H2,2-7H3,(H,46,53)(H,49,50)(H,51,52)/t32-,33?,34+,35-,36+,38+,42-,43+,44+,45-/m0/s1. The van der Waals surface area contributed by atoms with Gasteiger partial charge in [-0.05, 0) is 146 Å². The molecule has 298 valence electrons. The van der Waals surface area contributed by atoms with Crippen molar-refractivity contribution in [3.63, 3.8) is 0 Å². The Morgan fingerprint density at radius 2 is 1.57 bits per heavy atom. The van der Waals surface area contributed by atoms with Crippen LogP contribution in [-0.4, -0.2) is 89.5 Å². The van der Waals surface area contributed by atoms with Crippen LogP contribution in [0.25, 0.3) is 0 Å². The van der Waals surface area contributed by atoms with Gasteiger partial charge >= 0.3 is 18.0 Å². The van der Waals surface area contributed by atoms with Crippen molar-refractivity contribution < 1.29 is 29.3 Å². The van der Waals surface area contributed by atoms with Crippen molar-refractivity contribution >= 4 is 18.0 Å². The molecule has 1 unspecified atom stereocenters. The van der Waals surface area contributed by atoms with E-state index in [1.165, 1.54) is 41.7 Å². The molecular weight excluding hydrogens is 679 g/mol. The first-order chi connectivity index (χ1) is 25.5. The summed E-state index contributed by atoms with van der Waals surface area (Å²) >= 11 is 0. The van der Waals surface area contributed by atoms with E-state index in [-0.39, 0.29) is 45.7 Å². The number of ether oxygens (including phenoxy) is 1. The third kappa shape index (κ3) is 6.31. The predicted molar refractivity (Wildman–Crippen MR) is 210 cm³/mol. The van der Waals surface area contributed by atoms with Gasteiger partial charge in [-0.3, -0.25) is 9.69 Å². The zero-order valence-corrected chi connectivity index (χ0v) is 33.9. The molecule has 6 aliphatic rings. The van der Waals surface area contributed by atoms with Gasteiger partial charge in [0.15, 0.2) is 0 Å². The molecule has 0 spiro atoms. The molecule has 7 rings (SSSR count). The number of urea groups is 1. The largest absolute Gasteiger partial charge is 0.480 e. The SMILES string of the molecule is C=C(C)[C@@H]1CC[C@]2(NC(=O)N(CCN3CCOCC3)CC(=O)O)CC[C@]3(C)[C@H](CC[C@@H]4[C@@]5(C)CCC(c6ccc(C(=O)O)cc6)C(C)(C)[C@@H]5CC[C@]43C)[C@@H]12. The summed E-state index contributed by atoms with van der Waals surface area (Å²) < 4.78 is 5.51. The van der Waals surface area contributed by atoms with E-state index in [1.54, 1.807) is 12.1 Å². The van der Waals surface area contributed by atoms with Crippen LogP contribution in [0.4, 0.5) is 4.79 Å². The maximum Gasteiger partial charge on any atom is 0.335 e. The van der Waals surface area contributed by atoms with Crippen LogP contribution in [0.3, 0.4) is 0 Å². The number of nitrogens with zero attached hydrogens (tertiary/aromatic N) is 2. The molecule has 1 heterocycles. The number of benzene rings is 1. The number of amides is 2. The van der Waals surface area contributed by atoms with E-state index in [0.717, 1.165) is 51.6 Å². The monoisotopic (exact) mass is 746 g/mol. The summed E-state index contributed by atoms with van der Waals surface area (Å²) in [5, 5.41) is 23.0. The number of carboxylic acid groups (broad SMARTS) is 2. The quantitative estimate of drug-likeness (QED) is 0.218. The molecule has 9 heteroatoms. The van der Waals surface area contributed by atoms with Gasteiger partial charge in [0.25, 0.3) is 0 Å². The number of nitrogens with one attached hydrogen (secondary N) is 1. The molecule has 9 nitrogen and oxygen atoms in total. The molecule has 3 N–H and O–H groups in total. The molecule has 6 fully saturated rings. The molecule has 10 atom stereocenters. The minimum atomic E-state index is -0.979. The number of fused-ring (bicyclic) bond motifs is 7. The van der Waals surface area contributed by atoms with Gasteiger partial charge in [0, 0.05) is 31.7 Å². The van der Waals surface area contributed by atoms with Gasteiger partial charge < -0.3 is 25.2 Å². The Morgan fingerprint density at radius 3 is 2.22 bits per heavy atom. The predicted octanol–water partition coefficient (Wildman–Crippen LogP) is 8.31. The third-order valence-electron chi connectivity index (χ3n) is 17.4. The first-order valence-electron chi connectivity index (χ1n) is 21.0. The van der Waals surface area contributed by atoms with E-state index in [9.17, 15) is 24.6 Å². The van der Waals surface area contributed by atoms with Crippen LogP contribution in [0.1, 0.15) is 128 Å². The van der Waals surface area contributed by atoms with Crippen LogP contribution < -0.4 is 5.32 Å². The van der Waals surface area contributed by atoms with E-state index in [0.29, 0.717) is 61.5 Å². The fourth-order valence-corrected chi connectivity index (χ4v) is 14.6. The van der Waals surface area contributed by atoms with Crippen LogP contribution in [0.5, 0.6) is 0 Å². The number of rotatable bonds is 9. The highest BCUT2D eigenvalue weighted by Crippen LogP contribution is 2.77. The minimum absolute atomic E-state index is 0.0862. The Kier molecular flexibility index (Phi) is 10.4. The molecule has 0 bridgehead atoms. The first-order valence-corrected chi connectivity index (χ1v) is 21.0. The van der Waals surface area contributed by atoms with Crippen LogP contribution in [0, 0.1) is 51.2 Å². The third-order valence-corrected chi connectivity index (χ3v) is 17.4. The second-order valence-corrected chi connectivity index (χ2v) is 19.9. The first kappa shape index (κ1) is 39.3. The summed E-state index contributed by atoms with van der Waals surface area (Å²) in [6.07, 6.45) is 11.0. The van der Waals surface area contributed by atoms with Crippen LogP contribution in [0.15, 0.2) is 36.4 Å². The summed E-state index contributed by atoms with van der Waals surface area (Å²) in [7, 11) is 0. The van der Waals surface area contributed by atoms with Crippen molar-refractivity contribution in [2.45, 2.75) is 117 Å².